The molecule has 0 radical (unpaired) electrons. The van der Waals surface area contributed by atoms with Crippen LogP contribution in [0.1, 0.15) is 33.6 Å². The summed E-state index contributed by atoms with van der Waals surface area (Å²) in [5.41, 5.74) is 0. The minimum absolute atomic E-state index is 0.0630. The maximum absolute atomic E-state index is 11.9. The number of carbonyl (C=O) groups excluding carboxylic acids is 1. The van der Waals surface area contributed by atoms with E-state index in [1.54, 1.807) is 17.3 Å². The minimum atomic E-state index is -0.219. The highest BCUT2D eigenvalue weighted by atomic mass is 79.9. The number of amides is 1. The Morgan fingerprint density at radius 3 is 2.41 bits per heavy atom. The van der Waals surface area contributed by atoms with E-state index in [-0.39, 0.29) is 18.3 Å². The predicted molar refractivity (Wildman–Crippen MR) is 85.7 cm³/mol. The van der Waals surface area contributed by atoms with Crippen molar-refractivity contribution in [3.63, 3.8) is 0 Å². The predicted octanol–water partition coefficient (Wildman–Crippen LogP) is 3.26. The summed E-state index contributed by atoms with van der Waals surface area (Å²) < 4.78 is 11.7. The molecule has 1 aliphatic rings. The number of halogens is 1. The van der Waals surface area contributed by atoms with Crippen LogP contribution >= 0.6 is 15.9 Å². The topological polar surface area (TPSA) is 64.5 Å². The highest BCUT2D eigenvalue weighted by Crippen LogP contribution is 2.24. The average molecular weight is 372 g/mol. The van der Waals surface area contributed by atoms with E-state index in [9.17, 15) is 4.79 Å². The van der Waals surface area contributed by atoms with E-state index in [2.05, 4.69) is 32.8 Å². The largest absolute Gasteiger partial charge is 0.487 e. The van der Waals surface area contributed by atoms with Crippen LogP contribution in [0.25, 0.3) is 0 Å². The summed E-state index contributed by atoms with van der Waals surface area (Å²) in [5.74, 6) is 1.07. The van der Waals surface area contributed by atoms with Crippen LogP contribution in [0, 0.1) is 5.92 Å². The number of hydrogen-bond donors (Lipinski definition) is 0. The third kappa shape index (κ3) is 4.83. The molecule has 2 heterocycles. The molecule has 7 heteroatoms. The first-order valence-corrected chi connectivity index (χ1v) is 8.34. The molecule has 1 saturated heterocycles. The van der Waals surface area contributed by atoms with Gasteiger partial charge in [-0.05, 0) is 55.5 Å². The Labute approximate surface area is 139 Å². The lowest BCUT2D eigenvalue weighted by molar-refractivity contribution is 0.0494. The quantitative estimate of drug-likeness (QED) is 0.759. The Morgan fingerprint density at radius 1 is 1.27 bits per heavy atom. The summed E-state index contributed by atoms with van der Waals surface area (Å²) >= 11 is 3.20. The van der Waals surface area contributed by atoms with E-state index < -0.39 is 0 Å². The molecule has 1 amide bonds. The Balaban J connectivity index is 1.80. The zero-order chi connectivity index (χ0) is 16.1. The first kappa shape index (κ1) is 17.0. The molecule has 0 spiro atoms. The lowest BCUT2D eigenvalue weighted by Gasteiger charge is -2.34. The Bertz CT molecular complexity index is 487. The van der Waals surface area contributed by atoms with Crippen molar-refractivity contribution in [2.75, 3.05) is 13.1 Å². The molecule has 0 saturated carbocycles. The van der Waals surface area contributed by atoms with Gasteiger partial charge in [-0.2, -0.15) is 0 Å². The van der Waals surface area contributed by atoms with E-state index in [4.69, 9.17) is 9.47 Å². The first-order valence-electron chi connectivity index (χ1n) is 7.55. The minimum Gasteiger partial charge on any atom is -0.487 e. The van der Waals surface area contributed by atoms with Crippen LogP contribution < -0.4 is 4.74 Å². The van der Waals surface area contributed by atoms with Crippen LogP contribution in [0.5, 0.6) is 5.75 Å². The fraction of sp³-hybridized carbons (Fsp3) is 0.667. The van der Waals surface area contributed by atoms with E-state index in [1.807, 2.05) is 13.8 Å². The highest BCUT2D eigenvalue weighted by molar-refractivity contribution is 9.10. The standard InChI is InChI=1S/C15H22BrN3O3/c1-10(2)21-15(20)19-6-4-12(5-7-19)11(3)22-13-8-17-14(16)18-9-13/h8-12H,4-7H2,1-3H3/t11-/m0/s1. The fourth-order valence-corrected chi connectivity index (χ4v) is 2.70. The number of aromatic nitrogens is 2. The summed E-state index contributed by atoms with van der Waals surface area (Å²) in [7, 11) is 0. The van der Waals surface area contributed by atoms with Gasteiger partial charge in [0.15, 0.2) is 10.5 Å². The van der Waals surface area contributed by atoms with Gasteiger partial charge in [0.05, 0.1) is 24.6 Å². The van der Waals surface area contributed by atoms with Gasteiger partial charge >= 0.3 is 6.09 Å². The van der Waals surface area contributed by atoms with Crippen molar-refractivity contribution in [3.05, 3.63) is 17.1 Å². The summed E-state index contributed by atoms with van der Waals surface area (Å²) in [6, 6.07) is 0. The van der Waals surface area contributed by atoms with Crippen molar-refractivity contribution < 1.29 is 14.3 Å². The second-order valence-corrected chi connectivity index (χ2v) is 6.48. The molecule has 1 fully saturated rings. The van der Waals surface area contributed by atoms with E-state index in [0.29, 0.717) is 29.5 Å². The van der Waals surface area contributed by atoms with Gasteiger partial charge in [-0.25, -0.2) is 14.8 Å². The van der Waals surface area contributed by atoms with Crippen LogP contribution in [0.3, 0.4) is 0 Å². The van der Waals surface area contributed by atoms with Gasteiger partial charge in [0.2, 0.25) is 0 Å². The lowest BCUT2D eigenvalue weighted by atomic mass is 9.92. The van der Waals surface area contributed by atoms with Crippen molar-refractivity contribution in [1.82, 2.24) is 14.9 Å². The van der Waals surface area contributed by atoms with Gasteiger partial charge in [0.1, 0.15) is 0 Å². The number of piperidine rings is 1. The smallest absolute Gasteiger partial charge is 0.410 e. The number of hydrogen-bond acceptors (Lipinski definition) is 5. The Kier molecular flexibility index (Phi) is 5.99. The normalized spacial score (nSPS) is 17.4. The van der Waals surface area contributed by atoms with E-state index in [1.165, 1.54) is 0 Å². The number of carbonyl (C=O) groups is 1. The first-order chi connectivity index (χ1) is 10.5. The van der Waals surface area contributed by atoms with Crippen molar-refractivity contribution in [1.29, 1.82) is 0 Å². The number of rotatable bonds is 4. The molecule has 6 nitrogen and oxygen atoms in total. The molecule has 1 aromatic heterocycles. The van der Waals surface area contributed by atoms with Crippen LogP contribution in [-0.4, -0.2) is 46.3 Å². The van der Waals surface area contributed by atoms with Crippen LogP contribution in [0.2, 0.25) is 0 Å². The lowest BCUT2D eigenvalue weighted by Crippen LogP contribution is -2.42. The van der Waals surface area contributed by atoms with Gasteiger partial charge in [-0.15, -0.1) is 0 Å². The zero-order valence-electron chi connectivity index (χ0n) is 13.2. The molecule has 1 aromatic rings. The Hall–Kier alpha value is -1.37. The van der Waals surface area contributed by atoms with Gasteiger partial charge in [-0.3, -0.25) is 0 Å². The van der Waals surface area contributed by atoms with Gasteiger partial charge < -0.3 is 14.4 Å². The maximum Gasteiger partial charge on any atom is 0.410 e. The van der Waals surface area contributed by atoms with Crippen molar-refractivity contribution in [2.24, 2.45) is 5.92 Å². The molecule has 0 bridgehead atoms. The number of likely N-dealkylation sites (tertiary alicyclic amines) is 1. The van der Waals surface area contributed by atoms with Crippen LogP contribution in [-0.2, 0) is 4.74 Å². The molecule has 0 aliphatic carbocycles. The monoisotopic (exact) mass is 371 g/mol. The van der Waals surface area contributed by atoms with E-state index >= 15 is 0 Å². The van der Waals surface area contributed by atoms with Crippen molar-refractivity contribution >= 4 is 22.0 Å². The average Bonchev–Trinajstić information content (AvgIpc) is 2.49. The summed E-state index contributed by atoms with van der Waals surface area (Å²) in [6.07, 6.45) is 4.89. The van der Waals surface area contributed by atoms with Crippen molar-refractivity contribution in [2.45, 2.75) is 45.8 Å². The SMILES string of the molecule is CC(C)OC(=O)N1CCC([C@H](C)Oc2cnc(Br)nc2)CC1. The molecule has 122 valence electrons. The summed E-state index contributed by atoms with van der Waals surface area (Å²) in [5, 5.41) is 0. The molecule has 0 N–H and O–H groups in total. The molecule has 1 aliphatic heterocycles. The number of ether oxygens (including phenoxy) is 2. The third-order valence-corrected chi connectivity index (χ3v) is 4.13. The molecule has 0 aromatic carbocycles. The van der Waals surface area contributed by atoms with Gasteiger partial charge in [-0.1, -0.05) is 0 Å². The molecule has 1 atom stereocenters. The molecule has 0 unspecified atom stereocenters. The van der Waals surface area contributed by atoms with Crippen molar-refractivity contribution in [3.8, 4) is 5.75 Å². The third-order valence-electron chi connectivity index (χ3n) is 3.72. The maximum atomic E-state index is 11.9. The van der Waals surface area contributed by atoms with Crippen LogP contribution in [0.4, 0.5) is 4.79 Å². The Morgan fingerprint density at radius 2 is 1.86 bits per heavy atom. The second-order valence-electron chi connectivity index (χ2n) is 5.77. The summed E-state index contributed by atoms with van der Waals surface area (Å²) in [4.78, 5) is 21.7. The van der Waals surface area contributed by atoms with E-state index in [0.717, 1.165) is 12.8 Å². The molecule has 22 heavy (non-hydrogen) atoms. The van der Waals surface area contributed by atoms with Gasteiger partial charge in [0, 0.05) is 13.1 Å². The van der Waals surface area contributed by atoms with Crippen LogP contribution in [0.15, 0.2) is 17.1 Å². The van der Waals surface area contributed by atoms with Gasteiger partial charge in [0.25, 0.3) is 0 Å². The molecular formula is C15H22BrN3O3. The zero-order valence-corrected chi connectivity index (χ0v) is 14.7. The number of nitrogens with zero attached hydrogens (tertiary/aromatic N) is 3. The fourth-order valence-electron chi connectivity index (χ4n) is 2.50. The summed E-state index contributed by atoms with van der Waals surface area (Å²) in [6.45, 7) is 7.19. The second kappa shape index (κ2) is 7.76. The molecule has 2 rings (SSSR count). The molecular weight excluding hydrogens is 350 g/mol. The highest BCUT2D eigenvalue weighted by Gasteiger charge is 2.28.